The van der Waals surface area contributed by atoms with Crippen LogP contribution in [0.15, 0.2) is 6.20 Å². The van der Waals surface area contributed by atoms with Crippen molar-refractivity contribution in [3.8, 4) is 5.75 Å². The summed E-state index contributed by atoms with van der Waals surface area (Å²) in [7, 11) is 1.93. The lowest BCUT2D eigenvalue weighted by atomic mass is 9.90. The summed E-state index contributed by atoms with van der Waals surface area (Å²) in [6.07, 6.45) is 8.78. The van der Waals surface area contributed by atoms with Gasteiger partial charge in [0, 0.05) is 7.05 Å². The number of aryl methyl sites for hydroxylation is 2. The van der Waals surface area contributed by atoms with Crippen LogP contribution in [0.1, 0.15) is 37.8 Å². The number of hydrogen-bond acceptors (Lipinski definition) is 2. The summed E-state index contributed by atoms with van der Waals surface area (Å²) < 4.78 is 7.62. The van der Waals surface area contributed by atoms with Gasteiger partial charge in [-0.05, 0) is 25.7 Å². The van der Waals surface area contributed by atoms with Gasteiger partial charge in [-0.25, -0.2) is 0 Å². The molecule has 1 saturated carbocycles. The number of rotatable bonds is 3. The maximum Gasteiger partial charge on any atom is 0.160 e. The Morgan fingerprint density at radius 3 is 2.73 bits per heavy atom. The first-order valence-corrected chi connectivity index (χ1v) is 5.89. The van der Waals surface area contributed by atoms with Gasteiger partial charge < -0.3 is 4.74 Å². The normalized spacial score (nSPS) is 18.0. The zero-order chi connectivity index (χ0) is 10.7. The number of hydrogen-bond donors (Lipinski definition) is 0. The standard InChI is InChI=1S/C12H20N2O/c1-10-12(8-14(2)13-10)15-9-11-6-4-3-5-7-11/h8,11H,3-7,9H2,1-2H3. The van der Waals surface area contributed by atoms with E-state index < -0.39 is 0 Å². The van der Waals surface area contributed by atoms with Crippen LogP contribution < -0.4 is 4.74 Å². The van der Waals surface area contributed by atoms with Gasteiger partial charge in [0.15, 0.2) is 5.75 Å². The van der Waals surface area contributed by atoms with E-state index in [1.165, 1.54) is 32.1 Å². The molecule has 3 heteroatoms. The van der Waals surface area contributed by atoms with Crippen LogP contribution in [0.4, 0.5) is 0 Å². The molecule has 0 aromatic carbocycles. The van der Waals surface area contributed by atoms with Gasteiger partial charge in [0.05, 0.1) is 12.8 Å². The minimum Gasteiger partial charge on any atom is -0.490 e. The Hall–Kier alpha value is -0.990. The lowest BCUT2D eigenvalue weighted by molar-refractivity contribution is 0.208. The van der Waals surface area contributed by atoms with Crippen molar-refractivity contribution >= 4 is 0 Å². The van der Waals surface area contributed by atoms with Crippen LogP contribution in [0.25, 0.3) is 0 Å². The van der Waals surface area contributed by atoms with Gasteiger partial charge >= 0.3 is 0 Å². The number of nitrogens with zero attached hydrogens (tertiary/aromatic N) is 2. The van der Waals surface area contributed by atoms with E-state index in [2.05, 4.69) is 5.10 Å². The van der Waals surface area contributed by atoms with E-state index in [1.807, 2.05) is 24.9 Å². The van der Waals surface area contributed by atoms with Crippen LogP contribution in [0.3, 0.4) is 0 Å². The molecule has 0 atom stereocenters. The number of ether oxygens (including phenoxy) is 1. The molecule has 0 bridgehead atoms. The van der Waals surface area contributed by atoms with Crippen LogP contribution in [0.5, 0.6) is 5.75 Å². The Balaban J connectivity index is 1.84. The molecule has 0 N–H and O–H groups in total. The minimum absolute atomic E-state index is 0.762. The Labute approximate surface area is 91.4 Å². The largest absolute Gasteiger partial charge is 0.490 e. The van der Waals surface area contributed by atoms with E-state index >= 15 is 0 Å². The highest BCUT2D eigenvalue weighted by atomic mass is 16.5. The monoisotopic (exact) mass is 208 g/mol. The van der Waals surface area contributed by atoms with Crippen molar-refractivity contribution in [2.75, 3.05) is 6.61 Å². The molecular formula is C12H20N2O. The highest BCUT2D eigenvalue weighted by Gasteiger charge is 2.14. The van der Waals surface area contributed by atoms with E-state index in [0.717, 1.165) is 24.0 Å². The van der Waals surface area contributed by atoms with Crippen LogP contribution >= 0.6 is 0 Å². The molecule has 0 unspecified atom stereocenters. The fraction of sp³-hybridized carbons (Fsp3) is 0.750. The second kappa shape index (κ2) is 4.69. The Morgan fingerprint density at radius 2 is 2.13 bits per heavy atom. The van der Waals surface area contributed by atoms with Crippen LogP contribution in [-0.4, -0.2) is 16.4 Å². The van der Waals surface area contributed by atoms with Crippen molar-refractivity contribution in [1.29, 1.82) is 0 Å². The molecule has 1 heterocycles. The SMILES string of the molecule is Cc1nn(C)cc1OCC1CCCCC1. The summed E-state index contributed by atoms with van der Waals surface area (Å²) in [6, 6.07) is 0. The molecule has 0 spiro atoms. The van der Waals surface area contributed by atoms with Gasteiger partial charge in [-0.3, -0.25) is 4.68 Å². The predicted molar refractivity (Wildman–Crippen MR) is 60.0 cm³/mol. The fourth-order valence-corrected chi connectivity index (χ4v) is 2.28. The summed E-state index contributed by atoms with van der Waals surface area (Å²) in [5.41, 5.74) is 0.994. The average Bonchev–Trinajstić information content (AvgIpc) is 2.56. The molecule has 1 fully saturated rings. The first-order valence-electron chi connectivity index (χ1n) is 5.89. The van der Waals surface area contributed by atoms with Crippen molar-refractivity contribution in [3.63, 3.8) is 0 Å². The molecule has 0 amide bonds. The first-order chi connectivity index (χ1) is 7.25. The number of aromatic nitrogens is 2. The van der Waals surface area contributed by atoms with Crippen molar-refractivity contribution in [2.45, 2.75) is 39.0 Å². The summed E-state index contributed by atoms with van der Waals surface area (Å²) in [4.78, 5) is 0. The predicted octanol–water partition coefficient (Wildman–Crippen LogP) is 2.69. The second-order valence-corrected chi connectivity index (χ2v) is 4.57. The molecule has 2 rings (SSSR count). The van der Waals surface area contributed by atoms with E-state index in [0.29, 0.717) is 0 Å². The second-order valence-electron chi connectivity index (χ2n) is 4.57. The third kappa shape index (κ3) is 2.74. The summed E-state index contributed by atoms with van der Waals surface area (Å²) >= 11 is 0. The van der Waals surface area contributed by atoms with Gasteiger partial charge in [0.25, 0.3) is 0 Å². The zero-order valence-corrected chi connectivity index (χ0v) is 9.70. The summed E-state index contributed by atoms with van der Waals surface area (Å²) in [5, 5.41) is 4.27. The Kier molecular flexibility index (Phi) is 3.29. The van der Waals surface area contributed by atoms with Gasteiger partial charge in [0.2, 0.25) is 0 Å². The lowest BCUT2D eigenvalue weighted by Crippen LogP contribution is -2.15. The molecule has 1 aliphatic carbocycles. The quantitative estimate of drug-likeness (QED) is 0.763. The van der Waals surface area contributed by atoms with Crippen LogP contribution in [-0.2, 0) is 7.05 Å². The highest BCUT2D eigenvalue weighted by Crippen LogP contribution is 2.25. The van der Waals surface area contributed by atoms with E-state index in [9.17, 15) is 0 Å². The molecule has 3 nitrogen and oxygen atoms in total. The Morgan fingerprint density at radius 1 is 1.40 bits per heavy atom. The smallest absolute Gasteiger partial charge is 0.160 e. The van der Waals surface area contributed by atoms with E-state index in [4.69, 9.17) is 4.74 Å². The van der Waals surface area contributed by atoms with Crippen LogP contribution in [0, 0.1) is 12.8 Å². The third-order valence-corrected chi connectivity index (χ3v) is 3.17. The van der Waals surface area contributed by atoms with E-state index in [-0.39, 0.29) is 0 Å². The fourth-order valence-electron chi connectivity index (χ4n) is 2.28. The van der Waals surface area contributed by atoms with Gasteiger partial charge in [-0.15, -0.1) is 0 Å². The molecule has 1 aromatic heterocycles. The maximum absolute atomic E-state index is 5.81. The van der Waals surface area contributed by atoms with Gasteiger partial charge in [0.1, 0.15) is 5.69 Å². The van der Waals surface area contributed by atoms with Crippen LogP contribution in [0.2, 0.25) is 0 Å². The maximum atomic E-state index is 5.81. The topological polar surface area (TPSA) is 27.1 Å². The van der Waals surface area contributed by atoms with Gasteiger partial charge in [-0.2, -0.15) is 5.10 Å². The summed E-state index contributed by atoms with van der Waals surface area (Å²) in [5.74, 6) is 1.71. The molecule has 1 aliphatic rings. The molecule has 1 aromatic rings. The van der Waals surface area contributed by atoms with Crippen molar-refractivity contribution in [1.82, 2.24) is 9.78 Å². The first kappa shape index (κ1) is 10.5. The van der Waals surface area contributed by atoms with Crippen molar-refractivity contribution in [3.05, 3.63) is 11.9 Å². The van der Waals surface area contributed by atoms with Crippen molar-refractivity contribution in [2.24, 2.45) is 13.0 Å². The molecule has 0 saturated heterocycles. The highest BCUT2D eigenvalue weighted by molar-refractivity contribution is 5.22. The lowest BCUT2D eigenvalue weighted by Gasteiger charge is -2.21. The van der Waals surface area contributed by atoms with E-state index in [1.54, 1.807) is 0 Å². The van der Waals surface area contributed by atoms with Gasteiger partial charge in [-0.1, -0.05) is 19.3 Å². The summed E-state index contributed by atoms with van der Waals surface area (Å²) in [6.45, 7) is 2.86. The van der Waals surface area contributed by atoms with Crippen molar-refractivity contribution < 1.29 is 4.74 Å². The molecule has 0 aliphatic heterocycles. The zero-order valence-electron chi connectivity index (χ0n) is 9.70. The third-order valence-electron chi connectivity index (χ3n) is 3.17. The molecular weight excluding hydrogens is 188 g/mol. The molecule has 0 radical (unpaired) electrons. The molecule has 84 valence electrons. The molecule has 15 heavy (non-hydrogen) atoms. The average molecular weight is 208 g/mol. The minimum atomic E-state index is 0.762. The Bertz CT molecular complexity index is 313.